The Morgan fingerprint density at radius 2 is 2.29 bits per heavy atom. The van der Waals surface area contributed by atoms with Gasteiger partial charge in [-0.2, -0.15) is 5.10 Å². The highest BCUT2D eigenvalue weighted by atomic mass is 32.1. The molecule has 0 aromatic carbocycles. The van der Waals surface area contributed by atoms with Crippen LogP contribution in [0.25, 0.3) is 0 Å². The molecule has 14 heavy (non-hydrogen) atoms. The summed E-state index contributed by atoms with van der Waals surface area (Å²) in [5.41, 5.74) is 1.96. The highest BCUT2D eigenvalue weighted by Crippen LogP contribution is 2.28. The molecule has 74 valence electrons. The molecule has 1 atom stereocenters. The first-order chi connectivity index (χ1) is 6.70. The molecule has 2 heterocycles. The largest absolute Gasteiger partial charge is 0.381 e. The first-order valence-corrected chi connectivity index (χ1v) is 5.28. The average molecular weight is 208 g/mol. The van der Waals surface area contributed by atoms with Crippen LogP contribution in [0.2, 0.25) is 0 Å². The number of thiophene rings is 1. The molecular weight excluding hydrogens is 196 g/mol. The van der Waals surface area contributed by atoms with Crippen LogP contribution in [0.1, 0.15) is 22.2 Å². The Kier molecular flexibility index (Phi) is 2.39. The third-order valence-electron chi connectivity index (χ3n) is 2.29. The van der Waals surface area contributed by atoms with Crippen LogP contribution in [-0.4, -0.2) is 14.9 Å². The van der Waals surface area contributed by atoms with Gasteiger partial charge in [0.1, 0.15) is 6.10 Å². The standard InChI is InChI=1S/C10H12N2OS/c1-7-4-6-14-10(7)9(13)8-3-5-11-12(8)2/h3-6,9,13H,1-2H3/t9-/m1/s1. The highest BCUT2D eigenvalue weighted by molar-refractivity contribution is 7.10. The van der Waals surface area contributed by atoms with Gasteiger partial charge in [0.05, 0.1) is 5.69 Å². The van der Waals surface area contributed by atoms with Crippen LogP contribution >= 0.6 is 11.3 Å². The second kappa shape index (κ2) is 3.55. The quantitative estimate of drug-likeness (QED) is 0.818. The maximum atomic E-state index is 10.1. The van der Waals surface area contributed by atoms with Crippen molar-refractivity contribution in [3.63, 3.8) is 0 Å². The number of aromatic nitrogens is 2. The van der Waals surface area contributed by atoms with Crippen molar-refractivity contribution in [2.45, 2.75) is 13.0 Å². The van der Waals surface area contributed by atoms with Gasteiger partial charge in [-0.25, -0.2) is 0 Å². The molecule has 0 bridgehead atoms. The lowest BCUT2D eigenvalue weighted by atomic mass is 10.1. The fraction of sp³-hybridized carbons (Fsp3) is 0.300. The summed E-state index contributed by atoms with van der Waals surface area (Å²) in [4.78, 5) is 0.994. The lowest BCUT2D eigenvalue weighted by Crippen LogP contribution is -2.05. The lowest BCUT2D eigenvalue weighted by molar-refractivity contribution is 0.213. The van der Waals surface area contributed by atoms with Gasteiger partial charge in [0.2, 0.25) is 0 Å². The maximum absolute atomic E-state index is 10.1. The summed E-state index contributed by atoms with van der Waals surface area (Å²) in [7, 11) is 1.83. The Morgan fingerprint density at radius 3 is 2.79 bits per heavy atom. The van der Waals surface area contributed by atoms with E-state index in [-0.39, 0.29) is 0 Å². The van der Waals surface area contributed by atoms with Crippen molar-refractivity contribution in [3.05, 3.63) is 39.8 Å². The van der Waals surface area contributed by atoms with Crippen LogP contribution in [0.15, 0.2) is 23.7 Å². The first kappa shape index (κ1) is 9.43. The molecular formula is C10H12N2OS. The van der Waals surface area contributed by atoms with Crippen molar-refractivity contribution >= 4 is 11.3 Å². The lowest BCUT2D eigenvalue weighted by Gasteiger charge is -2.09. The number of hydrogen-bond donors (Lipinski definition) is 1. The van der Waals surface area contributed by atoms with E-state index in [0.29, 0.717) is 0 Å². The number of aliphatic hydroxyl groups excluding tert-OH is 1. The van der Waals surface area contributed by atoms with Gasteiger partial charge in [-0.05, 0) is 30.0 Å². The van der Waals surface area contributed by atoms with Crippen molar-refractivity contribution in [1.82, 2.24) is 9.78 Å². The topological polar surface area (TPSA) is 38.1 Å². The average Bonchev–Trinajstić information content (AvgIpc) is 2.73. The van der Waals surface area contributed by atoms with E-state index < -0.39 is 6.10 Å². The van der Waals surface area contributed by atoms with Gasteiger partial charge in [-0.1, -0.05) is 0 Å². The molecule has 0 unspecified atom stereocenters. The number of hydrogen-bond acceptors (Lipinski definition) is 3. The van der Waals surface area contributed by atoms with Gasteiger partial charge in [0.15, 0.2) is 0 Å². The second-order valence-electron chi connectivity index (χ2n) is 3.25. The van der Waals surface area contributed by atoms with Crippen LogP contribution in [0.4, 0.5) is 0 Å². The van der Waals surface area contributed by atoms with Crippen molar-refractivity contribution in [2.75, 3.05) is 0 Å². The van der Waals surface area contributed by atoms with E-state index >= 15 is 0 Å². The Hall–Kier alpha value is -1.13. The Balaban J connectivity index is 2.38. The van der Waals surface area contributed by atoms with Crippen LogP contribution < -0.4 is 0 Å². The minimum Gasteiger partial charge on any atom is -0.381 e. The Bertz CT molecular complexity index is 393. The predicted molar refractivity (Wildman–Crippen MR) is 56.3 cm³/mol. The number of aryl methyl sites for hydroxylation is 2. The van der Waals surface area contributed by atoms with E-state index in [9.17, 15) is 5.11 Å². The molecule has 2 aromatic rings. The fourth-order valence-electron chi connectivity index (χ4n) is 1.45. The van der Waals surface area contributed by atoms with Crippen LogP contribution in [-0.2, 0) is 7.05 Å². The summed E-state index contributed by atoms with van der Waals surface area (Å²) >= 11 is 1.57. The monoisotopic (exact) mass is 208 g/mol. The van der Waals surface area contributed by atoms with Gasteiger partial charge < -0.3 is 5.11 Å². The van der Waals surface area contributed by atoms with E-state index in [0.717, 1.165) is 16.1 Å². The number of rotatable bonds is 2. The molecule has 0 radical (unpaired) electrons. The van der Waals surface area contributed by atoms with Gasteiger partial charge in [-0.15, -0.1) is 11.3 Å². The summed E-state index contributed by atoms with van der Waals surface area (Å²) in [6.07, 6.45) is 1.14. The second-order valence-corrected chi connectivity index (χ2v) is 4.20. The highest BCUT2D eigenvalue weighted by Gasteiger charge is 2.16. The summed E-state index contributed by atoms with van der Waals surface area (Å²) < 4.78 is 1.70. The van der Waals surface area contributed by atoms with E-state index in [4.69, 9.17) is 0 Å². The maximum Gasteiger partial charge on any atom is 0.130 e. The summed E-state index contributed by atoms with van der Waals surface area (Å²) in [6.45, 7) is 2.01. The molecule has 0 saturated carbocycles. The summed E-state index contributed by atoms with van der Waals surface area (Å²) in [5, 5.41) is 16.1. The van der Waals surface area contributed by atoms with E-state index in [2.05, 4.69) is 5.10 Å². The molecule has 1 N–H and O–H groups in total. The van der Waals surface area contributed by atoms with Gasteiger partial charge in [0.25, 0.3) is 0 Å². The zero-order valence-electron chi connectivity index (χ0n) is 8.14. The van der Waals surface area contributed by atoms with Crippen molar-refractivity contribution in [2.24, 2.45) is 7.05 Å². The molecule has 0 aliphatic heterocycles. The Morgan fingerprint density at radius 1 is 1.50 bits per heavy atom. The zero-order chi connectivity index (χ0) is 10.1. The van der Waals surface area contributed by atoms with Crippen LogP contribution in [0.3, 0.4) is 0 Å². The molecule has 4 heteroatoms. The molecule has 0 saturated heterocycles. The molecule has 2 rings (SSSR count). The first-order valence-electron chi connectivity index (χ1n) is 4.40. The van der Waals surface area contributed by atoms with Gasteiger partial charge >= 0.3 is 0 Å². The van der Waals surface area contributed by atoms with Crippen molar-refractivity contribution in [1.29, 1.82) is 0 Å². The molecule has 2 aromatic heterocycles. The molecule has 0 amide bonds. The molecule has 0 aliphatic rings. The zero-order valence-corrected chi connectivity index (χ0v) is 8.95. The predicted octanol–water partition coefficient (Wildman–Crippen LogP) is 1.87. The van der Waals surface area contributed by atoms with Crippen LogP contribution in [0, 0.1) is 6.92 Å². The van der Waals surface area contributed by atoms with Gasteiger partial charge in [0, 0.05) is 18.1 Å². The van der Waals surface area contributed by atoms with E-state index in [1.54, 1.807) is 22.2 Å². The third-order valence-corrected chi connectivity index (χ3v) is 3.36. The third kappa shape index (κ3) is 1.47. The minimum atomic E-state index is -0.553. The fourth-order valence-corrected chi connectivity index (χ4v) is 2.37. The number of nitrogens with zero attached hydrogens (tertiary/aromatic N) is 2. The van der Waals surface area contributed by atoms with Crippen molar-refractivity contribution < 1.29 is 5.11 Å². The normalized spacial score (nSPS) is 13.1. The minimum absolute atomic E-state index is 0.553. The van der Waals surface area contributed by atoms with E-state index in [1.807, 2.05) is 31.5 Å². The Labute approximate surface area is 86.6 Å². The number of aliphatic hydroxyl groups is 1. The van der Waals surface area contributed by atoms with E-state index in [1.165, 1.54) is 0 Å². The molecule has 0 spiro atoms. The summed E-state index contributed by atoms with van der Waals surface area (Å²) in [6, 6.07) is 3.85. The molecule has 0 fully saturated rings. The molecule has 0 aliphatic carbocycles. The van der Waals surface area contributed by atoms with Crippen molar-refractivity contribution in [3.8, 4) is 0 Å². The smallest absolute Gasteiger partial charge is 0.130 e. The SMILES string of the molecule is Cc1ccsc1[C@H](O)c1ccnn1C. The van der Waals surface area contributed by atoms with Crippen LogP contribution in [0.5, 0.6) is 0 Å². The van der Waals surface area contributed by atoms with Gasteiger partial charge in [-0.3, -0.25) is 4.68 Å². The molecule has 3 nitrogen and oxygen atoms in total. The summed E-state index contributed by atoms with van der Waals surface area (Å²) in [5.74, 6) is 0.